The summed E-state index contributed by atoms with van der Waals surface area (Å²) in [7, 11) is 0. The number of carbonyl (C=O) groups excluding carboxylic acids is 2. The minimum absolute atomic E-state index is 0.0880. The minimum Gasteiger partial charge on any atom is -0.366 e. The van der Waals surface area contributed by atoms with E-state index in [4.69, 9.17) is 5.73 Å². The van der Waals surface area contributed by atoms with E-state index in [2.05, 4.69) is 5.32 Å². The molecule has 0 aliphatic rings. The minimum atomic E-state index is -4.56. The molecular formula is C26H18F6N2O2. The van der Waals surface area contributed by atoms with Crippen LogP contribution in [0.25, 0.3) is 5.57 Å². The Morgan fingerprint density at radius 3 is 1.64 bits per heavy atom. The summed E-state index contributed by atoms with van der Waals surface area (Å²) in [5.74, 6) is -1.39. The topological polar surface area (TPSA) is 72.2 Å². The highest BCUT2D eigenvalue weighted by atomic mass is 19.4. The van der Waals surface area contributed by atoms with Crippen LogP contribution >= 0.6 is 0 Å². The van der Waals surface area contributed by atoms with Crippen LogP contribution in [0.4, 0.5) is 32.0 Å². The third kappa shape index (κ3) is 6.62. The molecule has 3 rings (SSSR count). The Labute approximate surface area is 201 Å². The molecule has 0 unspecified atom stereocenters. The molecule has 10 heteroatoms. The van der Waals surface area contributed by atoms with E-state index < -0.39 is 35.3 Å². The molecule has 0 saturated carbocycles. The molecule has 3 aromatic carbocycles. The number of allylic oxidation sites excluding steroid dienone is 2. The molecule has 3 N–H and O–H groups in total. The number of amides is 2. The number of alkyl halides is 6. The fourth-order valence-electron chi connectivity index (χ4n) is 3.25. The molecule has 0 radical (unpaired) electrons. The second-order valence-corrected chi connectivity index (χ2v) is 7.49. The Balaban J connectivity index is 1.93. The predicted molar refractivity (Wildman–Crippen MR) is 123 cm³/mol. The monoisotopic (exact) mass is 504 g/mol. The number of hydrogen-bond donors (Lipinski definition) is 2. The number of benzene rings is 3. The Bertz CT molecular complexity index is 1250. The van der Waals surface area contributed by atoms with Crippen molar-refractivity contribution >= 4 is 23.1 Å². The highest BCUT2D eigenvalue weighted by Crippen LogP contribution is 2.33. The Kier molecular flexibility index (Phi) is 7.67. The maximum absolute atomic E-state index is 12.9. The van der Waals surface area contributed by atoms with E-state index in [0.717, 1.165) is 30.3 Å². The average Bonchev–Trinajstić information content (AvgIpc) is 2.81. The van der Waals surface area contributed by atoms with Crippen molar-refractivity contribution in [2.75, 3.05) is 5.32 Å². The van der Waals surface area contributed by atoms with Crippen molar-refractivity contribution in [2.24, 2.45) is 5.73 Å². The fourth-order valence-corrected chi connectivity index (χ4v) is 3.25. The third-order valence-corrected chi connectivity index (χ3v) is 5.01. The molecule has 0 aliphatic carbocycles. The number of hydrogen-bond acceptors (Lipinski definition) is 2. The average molecular weight is 504 g/mol. The molecule has 0 spiro atoms. The van der Waals surface area contributed by atoms with Crippen LogP contribution in [0.15, 0.2) is 91.0 Å². The van der Waals surface area contributed by atoms with Crippen LogP contribution in [0.1, 0.15) is 32.6 Å². The van der Waals surface area contributed by atoms with E-state index in [0.29, 0.717) is 0 Å². The van der Waals surface area contributed by atoms with Crippen LogP contribution < -0.4 is 11.1 Å². The van der Waals surface area contributed by atoms with Gasteiger partial charge in [0.1, 0.15) is 0 Å². The molecular weight excluding hydrogens is 486 g/mol. The van der Waals surface area contributed by atoms with Crippen LogP contribution in [-0.4, -0.2) is 11.8 Å². The molecule has 0 aliphatic heterocycles. The van der Waals surface area contributed by atoms with Gasteiger partial charge in [-0.3, -0.25) is 9.59 Å². The largest absolute Gasteiger partial charge is 0.416 e. The first-order valence-electron chi connectivity index (χ1n) is 10.3. The quantitative estimate of drug-likeness (QED) is 0.230. The van der Waals surface area contributed by atoms with Crippen LogP contribution in [0.3, 0.4) is 0 Å². The maximum Gasteiger partial charge on any atom is 0.416 e. The lowest BCUT2D eigenvalue weighted by Gasteiger charge is -2.12. The molecule has 0 saturated heterocycles. The first-order chi connectivity index (χ1) is 16.9. The predicted octanol–water partition coefficient (Wildman–Crippen LogP) is 6.45. The van der Waals surface area contributed by atoms with Gasteiger partial charge in [-0.2, -0.15) is 26.3 Å². The van der Waals surface area contributed by atoms with Crippen molar-refractivity contribution in [1.82, 2.24) is 0 Å². The third-order valence-electron chi connectivity index (χ3n) is 5.01. The van der Waals surface area contributed by atoms with Crippen LogP contribution in [0, 0.1) is 0 Å². The fraction of sp³-hybridized carbons (Fsp3) is 0.0769. The van der Waals surface area contributed by atoms with Gasteiger partial charge in [-0.25, -0.2) is 0 Å². The molecule has 0 atom stereocenters. The molecule has 0 aromatic heterocycles. The van der Waals surface area contributed by atoms with E-state index in [1.54, 1.807) is 12.1 Å². The van der Waals surface area contributed by atoms with Gasteiger partial charge < -0.3 is 11.1 Å². The van der Waals surface area contributed by atoms with Gasteiger partial charge in [0.2, 0.25) is 5.91 Å². The molecule has 0 fully saturated rings. The van der Waals surface area contributed by atoms with Crippen molar-refractivity contribution < 1.29 is 35.9 Å². The first-order valence-corrected chi connectivity index (χ1v) is 10.3. The smallest absolute Gasteiger partial charge is 0.366 e. The van der Waals surface area contributed by atoms with Gasteiger partial charge in [0.05, 0.1) is 22.4 Å². The molecule has 0 heterocycles. The summed E-state index contributed by atoms with van der Waals surface area (Å²) in [4.78, 5) is 23.8. The number of rotatable bonds is 6. The zero-order valence-corrected chi connectivity index (χ0v) is 18.3. The summed E-state index contributed by atoms with van der Waals surface area (Å²) >= 11 is 0. The summed E-state index contributed by atoms with van der Waals surface area (Å²) in [5, 5.41) is 2.49. The van der Waals surface area contributed by atoms with E-state index in [1.165, 1.54) is 48.6 Å². The molecule has 2 amide bonds. The number of anilines is 1. The van der Waals surface area contributed by atoms with E-state index in [9.17, 15) is 35.9 Å². The van der Waals surface area contributed by atoms with Gasteiger partial charge in [-0.15, -0.1) is 0 Å². The van der Waals surface area contributed by atoms with Gasteiger partial charge in [0.15, 0.2) is 0 Å². The van der Waals surface area contributed by atoms with E-state index in [-0.39, 0.29) is 28.0 Å². The number of primary amides is 1. The number of halogens is 6. The summed E-state index contributed by atoms with van der Waals surface area (Å²) in [6, 6.07) is 14.2. The number of para-hydroxylation sites is 1. The Morgan fingerprint density at radius 1 is 0.722 bits per heavy atom. The van der Waals surface area contributed by atoms with Crippen LogP contribution in [0.5, 0.6) is 0 Å². The van der Waals surface area contributed by atoms with Gasteiger partial charge >= 0.3 is 12.4 Å². The lowest BCUT2D eigenvalue weighted by Crippen LogP contribution is -2.16. The maximum atomic E-state index is 12.9. The first kappa shape index (κ1) is 26.3. The number of nitrogens with two attached hydrogens (primary N) is 1. The zero-order chi connectivity index (χ0) is 26.5. The normalized spacial score (nSPS) is 11.8. The summed E-state index contributed by atoms with van der Waals surface area (Å²) in [6.45, 7) is 0. The van der Waals surface area contributed by atoms with Crippen molar-refractivity contribution in [1.29, 1.82) is 0 Å². The standard InChI is InChI=1S/C26H18F6N2O2/c27-25(28,29)18-12-8-16(9-13-18)20(17-10-14-19(15-11-17)26(30,31)32)5-3-7-23(35)34-22-6-2-1-4-21(22)24(33)36/h1-15H,(H2,33,36)(H,34,35). The Hall–Kier alpha value is -4.34. The summed E-state index contributed by atoms with van der Waals surface area (Å²) in [6.07, 6.45) is -5.37. The van der Waals surface area contributed by atoms with Crippen LogP contribution in [-0.2, 0) is 17.1 Å². The number of nitrogens with one attached hydrogen (secondary N) is 1. The molecule has 36 heavy (non-hydrogen) atoms. The SMILES string of the molecule is NC(=O)c1ccccc1NC(=O)C=CC=C(c1ccc(C(F)(F)F)cc1)c1ccc(C(F)(F)F)cc1. The van der Waals surface area contributed by atoms with Gasteiger partial charge in [-0.05, 0) is 53.1 Å². The zero-order valence-electron chi connectivity index (χ0n) is 18.3. The van der Waals surface area contributed by atoms with E-state index >= 15 is 0 Å². The van der Waals surface area contributed by atoms with Gasteiger partial charge in [0.25, 0.3) is 5.91 Å². The van der Waals surface area contributed by atoms with Crippen molar-refractivity contribution in [2.45, 2.75) is 12.4 Å². The highest BCUT2D eigenvalue weighted by Gasteiger charge is 2.31. The van der Waals surface area contributed by atoms with E-state index in [1.807, 2.05) is 0 Å². The molecule has 186 valence electrons. The molecule has 3 aromatic rings. The lowest BCUT2D eigenvalue weighted by atomic mass is 9.95. The second-order valence-electron chi connectivity index (χ2n) is 7.49. The summed E-state index contributed by atoms with van der Waals surface area (Å²) < 4.78 is 77.7. The number of carbonyl (C=O) groups is 2. The van der Waals surface area contributed by atoms with Gasteiger partial charge in [-0.1, -0.05) is 48.6 Å². The van der Waals surface area contributed by atoms with Crippen molar-refractivity contribution in [3.8, 4) is 0 Å². The summed E-state index contributed by atoms with van der Waals surface area (Å²) in [5.41, 5.74) is 4.61. The van der Waals surface area contributed by atoms with Crippen molar-refractivity contribution in [3.63, 3.8) is 0 Å². The second kappa shape index (κ2) is 10.5. The van der Waals surface area contributed by atoms with Crippen LogP contribution in [0.2, 0.25) is 0 Å². The van der Waals surface area contributed by atoms with Crippen molar-refractivity contribution in [3.05, 3.63) is 119 Å². The molecule has 0 bridgehead atoms. The highest BCUT2D eigenvalue weighted by molar-refractivity contribution is 6.06. The van der Waals surface area contributed by atoms with Gasteiger partial charge in [0, 0.05) is 6.08 Å². The lowest BCUT2D eigenvalue weighted by molar-refractivity contribution is -0.138. The Morgan fingerprint density at radius 2 is 1.19 bits per heavy atom. The molecule has 4 nitrogen and oxygen atoms in total.